The van der Waals surface area contributed by atoms with Crippen LogP contribution in [0, 0.1) is 5.82 Å². The summed E-state index contributed by atoms with van der Waals surface area (Å²) >= 11 is 0. The molecule has 1 N–H and O–H groups in total. The fourth-order valence-corrected chi connectivity index (χ4v) is 3.34. The summed E-state index contributed by atoms with van der Waals surface area (Å²) in [5.41, 5.74) is -1.59. The lowest BCUT2D eigenvalue weighted by Gasteiger charge is -2.38. The molecule has 2 atom stereocenters. The van der Waals surface area contributed by atoms with Gasteiger partial charge in [0.1, 0.15) is 11.6 Å². The first-order chi connectivity index (χ1) is 12.7. The van der Waals surface area contributed by atoms with Crippen molar-refractivity contribution < 1.29 is 31.6 Å². The van der Waals surface area contributed by atoms with E-state index in [1.54, 1.807) is 0 Å². The van der Waals surface area contributed by atoms with Crippen molar-refractivity contribution in [2.24, 2.45) is 0 Å². The molecule has 1 aromatic carbocycles. The number of aromatic amines is 1. The highest BCUT2D eigenvalue weighted by molar-refractivity contribution is 5.68. The Kier molecular flexibility index (Phi) is 4.99. The number of piperidine rings is 1. The summed E-state index contributed by atoms with van der Waals surface area (Å²) < 4.78 is 62.2. The van der Waals surface area contributed by atoms with E-state index in [4.69, 9.17) is 9.26 Å². The second-order valence-electron chi connectivity index (χ2n) is 6.25. The number of amides is 1. The van der Waals surface area contributed by atoms with Crippen LogP contribution in [0.3, 0.4) is 0 Å². The van der Waals surface area contributed by atoms with Gasteiger partial charge in [-0.05, 0) is 30.5 Å². The minimum atomic E-state index is -4.81. The third-order valence-corrected chi connectivity index (χ3v) is 4.64. The number of carbonyl (C=O) groups is 1. The standard InChI is InChI=1S/C17H16F4N2O4/c1-26-16(25)23-5-4-10(14-8-15(24)22-27-14)7-13(23)9-2-3-11(12(18)6-9)17(19,20)21/h2-3,6,8,10,13H,4-5,7H2,1H3,(H,22,24). The number of nitrogens with zero attached hydrogens (tertiary/aromatic N) is 1. The Morgan fingerprint density at radius 3 is 2.63 bits per heavy atom. The van der Waals surface area contributed by atoms with Crippen molar-refractivity contribution >= 4 is 6.09 Å². The van der Waals surface area contributed by atoms with Crippen LogP contribution in [0.4, 0.5) is 22.4 Å². The van der Waals surface area contributed by atoms with Crippen LogP contribution < -0.4 is 5.56 Å². The number of methoxy groups -OCH3 is 1. The summed E-state index contributed by atoms with van der Waals surface area (Å²) in [7, 11) is 1.18. The van der Waals surface area contributed by atoms with E-state index in [-0.39, 0.29) is 24.4 Å². The number of halogens is 4. The quantitative estimate of drug-likeness (QED) is 0.794. The number of likely N-dealkylation sites (tertiary alicyclic amines) is 1. The summed E-state index contributed by atoms with van der Waals surface area (Å²) in [6, 6.07) is 3.12. The third kappa shape index (κ3) is 3.83. The van der Waals surface area contributed by atoms with Crippen molar-refractivity contribution in [2.75, 3.05) is 13.7 Å². The van der Waals surface area contributed by atoms with Crippen LogP contribution in [0.2, 0.25) is 0 Å². The molecule has 3 rings (SSSR count). The number of hydrogen-bond acceptors (Lipinski definition) is 4. The number of H-pyrrole nitrogens is 1. The molecule has 2 heterocycles. The van der Waals surface area contributed by atoms with Gasteiger partial charge in [-0.1, -0.05) is 6.07 Å². The Hall–Kier alpha value is -2.78. The van der Waals surface area contributed by atoms with Gasteiger partial charge in [-0.15, -0.1) is 0 Å². The molecule has 1 saturated heterocycles. The highest BCUT2D eigenvalue weighted by Crippen LogP contribution is 2.40. The molecule has 27 heavy (non-hydrogen) atoms. The van der Waals surface area contributed by atoms with Crippen LogP contribution >= 0.6 is 0 Å². The SMILES string of the molecule is COC(=O)N1CCC(c2cc(=O)[nH]o2)CC1c1ccc(C(F)(F)F)c(F)c1. The Morgan fingerprint density at radius 1 is 1.33 bits per heavy atom. The number of ether oxygens (including phenoxy) is 1. The molecule has 2 aromatic rings. The van der Waals surface area contributed by atoms with Crippen molar-refractivity contribution in [3.63, 3.8) is 0 Å². The molecule has 10 heteroatoms. The predicted molar refractivity (Wildman–Crippen MR) is 84.6 cm³/mol. The molecule has 0 radical (unpaired) electrons. The first kappa shape index (κ1) is 19.0. The first-order valence-electron chi connectivity index (χ1n) is 8.10. The molecule has 0 saturated carbocycles. The van der Waals surface area contributed by atoms with Gasteiger partial charge in [0.05, 0.1) is 18.7 Å². The largest absolute Gasteiger partial charge is 0.453 e. The van der Waals surface area contributed by atoms with Gasteiger partial charge in [-0.25, -0.2) is 9.18 Å². The number of nitrogens with one attached hydrogen (secondary N) is 1. The summed E-state index contributed by atoms with van der Waals surface area (Å²) in [5.74, 6) is -1.30. The molecular weight excluding hydrogens is 372 g/mol. The summed E-state index contributed by atoms with van der Waals surface area (Å²) in [6.45, 7) is 0.208. The van der Waals surface area contributed by atoms with Gasteiger partial charge in [0.15, 0.2) is 0 Å². The van der Waals surface area contributed by atoms with Gasteiger partial charge in [0, 0.05) is 18.5 Å². The van der Waals surface area contributed by atoms with E-state index in [1.165, 1.54) is 18.1 Å². The van der Waals surface area contributed by atoms with Crippen LogP contribution in [0.25, 0.3) is 0 Å². The fourth-order valence-electron chi connectivity index (χ4n) is 3.34. The lowest BCUT2D eigenvalue weighted by Crippen LogP contribution is -2.40. The number of hydrogen-bond donors (Lipinski definition) is 1. The van der Waals surface area contributed by atoms with Crippen molar-refractivity contribution in [1.82, 2.24) is 10.1 Å². The van der Waals surface area contributed by atoms with Gasteiger partial charge in [0.25, 0.3) is 5.56 Å². The second kappa shape index (κ2) is 7.09. The molecule has 0 spiro atoms. The molecule has 1 aliphatic heterocycles. The van der Waals surface area contributed by atoms with Gasteiger partial charge in [0.2, 0.25) is 0 Å². The smallest absolute Gasteiger partial charge is 0.419 e. The van der Waals surface area contributed by atoms with Crippen LogP contribution in [0.1, 0.15) is 41.7 Å². The number of rotatable bonds is 2. The zero-order chi connectivity index (χ0) is 19.8. The first-order valence-corrected chi connectivity index (χ1v) is 8.10. The summed E-state index contributed by atoms with van der Waals surface area (Å²) in [5, 5.41) is 2.18. The van der Waals surface area contributed by atoms with E-state index in [2.05, 4.69) is 5.16 Å². The number of benzene rings is 1. The minimum absolute atomic E-state index is 0.202. The van der Waals surface area contributed by atoms with Crippen molar-refractivity contribution in [2.45, 2.75) is 31.0 Å². The van der Waals surface area contributed by atoms with E-state index in [0.717, 1.165) is 12.1 Å². The molecule has 0 aliphatic carbocycles. The Morgan fingerprint density at radius 2 is 2.07 bits per heavy atom. The topological polar surface area (TPSA) is 75.5 Å². The minimum Gasteiger partial charge on any atom is -0.453 e. The highest BCUT2D eigenvalue weighted by atomic mass is 19.4. The van der Waals surface area contributed by atoms with E-state index in [9.17, 15) is 27.2 Å². The second-order valence-corrected chi connectivity index (χ2v) is 6.25. The van der Waals surface area contributed by atoms with Crippen LogP contribution in [-0.2, 0) is 10.9 Å². The Labute approximate surface area is 150 Å². The summed E-state index contributed by atoms with van der Waals surface area (Å²) in [6.07, 6.45) is -4.79. The zero-order valence-electron chi connectivity index (χ0n) is 14.2. The van der Waals surface area contributed by atoms with Gasteiger partial charge in [-0.2, -0.15) is 18.3 Å². The molecule has 6 nitrogen and oxygen atoms in total. The van der Waals surface area contributed by atoms with E-state index in [0.29, 0.717) is 18.2 Å². The van der Waals surface area contributed by atoms with Gasteiger partial charge < -0.3 is 14.2 Å². The third-order valence-electron chi connectivity index (χ3n) is 4.64. The average Bonchev–Trinajstić information content (AvgIpc) is 3.05. The average molecular weight is 388 g/mol. The van der Waals surface area contributed by atoms with E-state index < -0.39 is 35.3 Å². The fraction of sp³-hybridized carbons (Fsp3) is 0.412. The molecule has 2 unspecified atom stereocenters. The van der Waals surface area contributed by atoms with Crippen LogP contribution in [0.5, 0.6) is 0 Å². The molecular formula is C17H16F4N2O4. The van der Waals surface area contributed by atoms with Crippen LogP contribution in [-0.4, -0.2) is 29.8 Å². The van der Waals surface area contributed by atoms with Crippen molar-refractivity contribution in [1.29, 1.82) is 0 Å². The number of aromatic nitrogens is 1. The van der Waals surface area contributed by atoms with E-state index >= 15 is 0 Å². The normalized spacial score (nSPS) is 20.6. The van der Waals surface area contributed by atoms with E-state index in [1.807, 2.05) is 0 Å². The zero-order valence-corrected chi connectivity index (χ0v) is 14.2. The summed E-state index contributed by atoms with van der Waals surface area (Å²) in [4.78, 5) is 24.7. The highest BCUT2D eigenvalue weighted by Gasteiger charge is 2.38. The molecule has 1 aliphatic rings. The number of carbonyl (C=O) groups excluding carboxylic acids is 1. The lowest BCUT2D eigenvalue weighted by molar-refractivity contribution is -0.140. The maximum Gasteiger partial charge on any atom is 0.419 e. The molecule has 1 fully saturated rings. The van der Waals surface area contributed by atoms with Gasteiger partial charge >= 0.3 is 12.3 Å². The lowest BCUT2D eigenvalue weighted by atomic mass is 9.85. The number of alkyl halides is 3. The Balaban J connectivity index is 1.95. The Bertz CT molecular complexity index is 890. The molecule has 1 aromatic heterocycles. The molecule has 1 amide bonds. The molecule has 0 bridgehead atoms. The maximum atomic E-state index is 14.0. The van der Waals surface area contributed by atoms with Crippen LogP contribution in [0.15, 0.2) is 33.6 Å². The molecule has 146 valence electrons. The van der Waals surface area contributed by atoms with Crippen molar-refractivity contribution in [3.05, 3.63) is 57.3 Å². The van der Waals surface area contributed by atoms with Crippen molar-refractivity contribution in [3.8, 4) is 0 Å². The maximum absolute atomic E-state index is 14.0. The monoisotopic (exact) mass is 388 g/mol. The predicted octanol–water partition coefficient (Wildman–Crippen LogP) is 3.81. The van der Waals surface area contributed by atoms with Gasteiger partial charge in [-0.3, -0.25) is 4.79 Å².